The van der Waals surface area contributed by atoms with E-state index < -0.39 is 14.9 Å². The van der Waals surface area contributed by atoms with Gasteiger partial charge in [-0.25, -0.2) is 17.4 Å². The Morgan fingerprint density at radius 3 is 2.52 bits per heavy atom. The van der Waals surface area contributed by atoms with Gasteiger partial charge in [0, 0.05) is 17.6 Å². The van der Waals surface area contributed by atoms with E-state index in [0.717, 1.165) is 10.2 Å². The van der Waals surface area contributed by atoms with Gasteiger partial charge in [0.25, 0.3) is 15.7 Å². The van der Waals surface area contributed by atoms with Crippen molar-refractivity contribution in [2.75, 3.05) is 0 Å². The van der Waals surface area contributed by atoms with Gasteiger partial charge in [-0.3, -0.25) is 10.1 Å². The molecule has 0 bridgehead atoms. The van der Waals surface area contributed by atoms with E-state index in [9.17, 15) is 18.5 Å². The molecule has 1 aromatic carbocycles. The number of nitro groups is 1. The first-order valence-electron chi connectivity index (χ1n) is 5.92. The fraction of sp³-hybridized carbons (Fsp3) is 0. The normalized spacial score (nSPS) is 11.6. The molecule has 3 rings (SSSR count). The van der Waals surface area contributed by atoms with Gasteiger partial charge in [-0.1, -0.05) is 18.2 Å². The zero-order valence-electron chi connectivity index (χ0n) is 10.6. The van der Waals surface area contributed by atoms with E-state index in [0.29, 0.717) is 5.39 Å². The van der Waals surface area contributed by atoms with Gasteiger partial charge in [0.05, 0.1) is 9.82 Å². The van der Waals surface area contributed by atoms with Crippen LogP contribution in [0.2, 0.25) is 0 Å². The summed E-state index contributed by atoms with van der Waals surface area (Å²) in [6, 6.07) is 10.7. The van der Waals surface area contributed by atoms with Crippen molar-refractivity contribution in [2.24, 2.45) is 0 Å². The maximum absolute atomic E-state index is 12.5. The molecule has 0 aliphatic rings. The van der Waals surface area contributed by atoms with Gasteiger partial charge >= 0.3 is 0 Å². The van der Waals surface area contributed by atoms with Crippen molar-refractivity contribution in [3.63, 3.8) is 0 Å². The first-order valence-corrected chi connectivity index (χ1v) is 7.36. The van der Waals surface area contributed by atoms with Crippen LogP contribution < -0.4 is 0 Å². The SMILES string of the molecule is O=[N+]([O-])c1cnc2c(ccn2S(=O)(=O)c2ccccc2)c1. The lowest BCUT2D eigenvalue weighted by Gasteiger charge is -2.06. The Kier molecular flexibility index (Phi) is 2.95. The van der Waals surface area contributed by atoms with E-state index in [-0.39, 0.29) is 16.2 Å². The van der Waals surface area contributed by atoms with Gasteiger partial charge in [-0.05, 0) is 18.2 Å². The van der Waals surface area contributed by atoms with Gasteiger partial charge < -0.3 is 0 Å². The lowest BCUT2D eigenvalue weighted by atomic mass is 10.3. The lowest BCUT2D eigenvalue weighted by Crippen LogP contribution is -2.12. The van der Waals surface area contributed by atoms with Crippen molar-refractivity contribution in [1.29, 1.82) is 0 Å². The first kappa shape index (κ1) is 13.3. The number of hydrogen-bond donors (Lipinski definition) is 0. The number of aromatic nitrogens is 2. The van der Waals surface area contributed by atoms with Crippen LogP contribution in [0, 0.1) is 10.1 Å². The second-order valence-corrected chi connectivity index (χ2v) is 6.11. The van der Waals surface area contributed by atoms with E-state index in [1.165, 1.54) is 30.5 Å². The summed E-state index contributed by atoms with van der Waals surface area (Å²) in [6.45, 7) is 0. The van der Waals surface area contributed by atoms with Crippen LogP contribution in [0.4, 0.5) is 5.69 Å². The van der Waals surface area contributed by atoms with Crippen LogP contribution in [0.15, 0.2) is 59.8 Å². The molecule has 0 fully saturated rings. The average molecular weight is 303 g/mol. The molecular weight excluding hydrogens is 294 g/mol. The van der Waals surface area contributed by atoms with Crippen molar-refractivity contribution in [3.05, 3.63) is 65.0 Å². The van der Waals surface area contributed by atoms with Gasteiger partial charge in [0.15, 0.2) is 5.65 Å². The van der Waals surface area contributed by atoms with E-state index in [2.05, 4.69) is 4.98 Å². The Bertz CT molecular complexity index is 932. The summed E-state index contributed by atoms with van der Waals surface area (Å²) in [5, 5.41) is 11.1. The molecule has 0 atom stereocenters. The molecule has 2 aromatic heterocycles. The van der Waals surface area contributed by atoms with E-state index >= 15 is 0 Å². The Morgan fingerprint density at radius 1 is 1.14 bits per heavy atom. The minimum absolute atomic E-state index is 0.127. The molecule has 0 saturated heterocycles. The second-order valence-electron chi connectivity index (χ2n) is 4.29. The molecule has 0 aliphatic carbocycles. The molecule has 0 radical (unpaired) electrons. The van der Waals surface area contributed by atoms with Crippen molar-refractivity contribution in [2.45, 2.75) is 4.90 Å². The van der Waals surface area contributed by atoms with Crippen molar-refractivity contribution in [1.82, 2.24) is 8.96 Å². The Balaban J connectivity index is 2.20. The van der Waals surface area contributed by atoms with Crippen LogP contribution in [0.1, 0.15) is 0 Å². The largest absolute Gasteiger partial charge is 0.288 e. The highest BCUT2D eigenvalue weighted by Gasteiger charge is 2.20. The van der Waals surface area contributed by atoms with Crippen LogP contribution >= 0.6 is 0 Å². The fourth-order valence-corrected chi connectivity index (χ4v) is 3.32. The van der Waals surface area contributed by atoms with Gasteiger partial charge in [0.2, 0.25) is 0 Å². The average Bonchev–Trinajstić information content (AvgIpc) is 2.91. The lowest BCUT2D eigenvalue weighted by molar-refractivity contribution is -0.385. The van der Waals surface area contributed by atoms with Crippen LogP contribution in [0.5, 0.6) is 0 Å². The van der Waals surface area contributed by atoms with Gasteiger partial charge in [-0.2, -0.15) is 0 Å². The minimum atomic E-state index is -3.77. The highest BCUT2D eigenvalue weighted by Crippen LogP contribution is 2.23. The van der Waals surface area contributed by atoms with Crippen LogP contribution in [0.3, 0.4) is 0 Å². The zero-order valence-corrected chi connectivity index (χ0v) is 11.4. The molecule has 0 amide bonds. The summed E-state index contributed by atoms with van der Waals surface area (Å²) in [5.74, 6) is 0. The third-order valence-electron chi connectivity index (χ3n) is 2.99. The van der Waals surface area contributed by atoms with E-state index in [4.69, 9.17) is 0 Å². The standard InChI is InChI=1S/C13H9N3O4S/c17-16(18)11-8-10-6-7-15(13(10)14-9-11)21(19,20)12-4-2-1-3-5-12/h1-9H. The molecule has 106 valence electrons. The summed E-state index contributed by atoms with van der Waals surface area (Å²) in [4.78, 5) is 14.2. The first-order chi connectivity index (χ1) is 10.00. The maximum atomic E-state index is 12.5. The topological polar surface area (TPSA) is 95.1 Å². The molecule has 7 nitrogen and oxygen atoms in total. The number of nitrogens with zero attached hydrogens (tertiary/aromatic N) is 3. The van der Waals surface area contributed by atoms with Crippen LogP contribution in [-0.4, -0.2) is 22.3 Å². The molecule has 0 unspecified atom stereocenters. The zero-order chi connectivity index (χ0) is 15.0. The molecule has 8 heteroatoms. The number of fused-ring (bicyclic) bond motifs is 1. The molecule has 0 saturated carbocycles. The quantitative estimate of drug-likeness (QED) is 0.546. The highest BCUT2D eigenvalue weighted by atomic mass is 32.2. The van der Waals surface area contributed by atoms with Gasteiger partial charge in [0.1, 0.15) is 6.20 Å². The highest BCUT2D eigenvalue weighted by molar-refractivity contribution is 7.90. The number of pyridine rings is 1. The summed E-state index contributed by atoms with van der Waals surface area (Å²) < 4.78 is 26.0. The number of benzene rings is 1. The smallest absolute Gasteiger partial charge is 0.258 e. The van der Waals surface area contributed by atoms with E-state index in [1.807, 2.05) is 0 Å². The van der Waals surface area contributed by atoms with Gasteiger partial charge in [-0.15, -0.1) is 0 Å². The summed E-state index contributed by atoms with van der Waals surface area (Å²) >= 11 is 0. The molecule has 21 heavy (non-hydrogen) atoms. The molecule has 0 spiro atoms. The summed E-state index contributed by atoms with van der Waals surface area (Å²) in [5.41, 5.74) is -0.0261. The Labute approximate surface area is 119 Å². The van der Waals surface area contributed by atoms with Crippen molar-refractivity contribution < 1.29 is 13.3 Å². The Morgan fingerprint density at radius 2 is 1.86 bits per heavy atom. The predicted octanol–water partition coefficient (Wildman–Crippen LogP) is 2.18. The fourth-order valence-electron chi connectivity index (χ4n) is 1.99. The molecule has 0 aliphatic heterocycles. The molecule has 3 aromatic rings. The third-order valence-corrected chi connectivity index (χ3v) is 4.67. The number of hydrogen-bond acceptors (Lipinski definition) is 5. The monoisotopic (exact) mass is 303 g/mol. The summed E-state index contributed by atoms with van der Waals surface area (Å²) in [7, 11) is -3.77. The van der Waals surface area contributed by atoms with E-state index in [1.54, 1.807) is 18.2 Å². The minimum Gasteiger partial charge on any atom is -0.258 e. The summed E-state index contributed by atoms with van der Waals surface area (Å²) in [6.07, 6.45) is 2.38. The van der Waals surface area contributed by atoms with Crippen molar-refractivity contribution in [3.8, 4) is 0 Å². The molecular formula is C13H9N3O4S. The molecule has 2 heterocycles. The second kappa shape index (κ2) is 4.67. The predicted molar refractivity (Wildman–Crippen MR) is 75.4 cm³/mol. The number of rotatable bonds is 3. The third kappa shape index (κ3) is 2.15. The van der Waals surface area contributed by atoms with Crippen molar-refractivity contribution >= 4 is 26.7 Å². The van der Waals surface area contributed by atoms with Crippen LogP contribution in [-0.2, 0) is 10.0 Å². The maximum Gasteiger partial charge on any atom is 0.288 e. The Hall–Kier alpha value is -2.74. The molecule has 0 N–H and O–H groups in total. The van der Waals surface area contributed by atoms with Crippen LogP contribution in [0.25, 0.3) is 11.0 Å².